The third-order valence-corrected chi connectivity index (χ3v) is 4.45. The molecule has 0 aliphatic carbocycles. The zero-order valence-electron chi connectivity index (χ0n) is 14.1. The average molecular weight is 459 g/mol. The van der Waals surface area contributed by atoms with Crippen molar-refractivity contribution in [3.8, 4) is 5.75 Å². The molecule has 0 unspecified atom stereocenters. The van der Waals surface area contributed by atoms with Gasteiger partial charge in [0.2, 0.25) is 0 Å². The molecule has 28 heavy (non-hydrogen) atoms. The second-order valence-corrected chi connectivity index (χ2v) is 6.91. The fourth-order valence-corrected chi connectivity index (χ4v) is 3.05. The number of amidine groups is 1. The Labute approximate surface area is 165 Å². The van der Waals surface area contributed by atoms with E-state index in [2.05, 4.69) is 31.2 Å². The van der Waals surface area contributed by atoms with Gasteiger partial charge in [0.05, 0.1) is 6.61 Å². The lowest BCUT2D eigenvalue weighted by atomic mass is 9.90. The van der Waals surface area contributed by atoms with Gasteiger partial charge in [0.15, 0.2) is 11.2 Å². The summed E-state index contributed by atoms with van der Waals surface area (Å²) in [5.41, 5.74) is 2.43. The number of anilines is 1. The van der Waals surface area contributed by atoms with Crippen molar-refractivity contribution in [2.75, 3.05) is 18.5 Å². The summed E-state index contributed by atoms with van der Waals surface area (Å²) in [7, 11) is 0. The molecule has 2 heterocycles. The molecule has 148 valence electrons. The Morgan fingerprint density at radius 1 is 1.39 bits per heavy atom. The van der Waals surface area contributed by atoms with Gasteiger partial charge in [-0.25, -0.2) is 18.2 Å². The number of benzene rings is 1. The van der Waals surface area contributed by atoms with Gasteiger partial charge in [0.1, 0.15) is 24.0 Å². The maximum atomic E-state index is 14.4. The molecular weight excluding hydrogens is 445 g/mol. The van der Waals surface area contributed by atoms with Gasteiger partial charge in [0, 0.05) is 21.9 Å². The SMILES string of the molecule is NC1=N[C@@](c2cc(NC(=O)c3ncc(Br)cc3O)ccc2F)(C(F)F)COC1. The molecule has 0 saturated heterocycles. The molecule has 1 aromatic heterocycles. The largest absolute Gasteiger partial charge is 0.505 e. The average Bonchev–Trinajstić information content (AvgIpc) is 2.62. The van der Waals surface area contributed by atoms with E-state index >= 15 is 0 Å². The molecule has 1 aromatic carbocycles. The van der Waals surface area contributed by atoms with E-state index in [0.29, 0.717) is 4.47 Å². The van der Waals surface area contributed by atoms with Crippen LogP contribution in [0.5, 0.6) is 5.75 Å². The Balaban J connectivity index is 1.97. The highest BCUT2D eigenvalue weighted by molar-refractivity contribution is 9.10. The summed E-state index contributed by atoms with van der Waals surface area (Å²) in [5.74, 6) is -2.35. The van der Waals surface area contributed by atoms with Crippen LogP contribution >= 0.6 is 15.9 Å². The normalized spacial score (nSPS) is 19.4. The molecule has 2 aromatic rings. The summed E-state index contributed by atoms with van der Waals surface area (Å²) >= 11 is 3.10. The van der Waals surface area contributed by atoms with Crippen molar-refractivity contribution in [1.29, 1.82) is 0 Å². The van der Waals surface area contributed by atoms with E-state index in [0.717, 1.165) is 12.1 Å². The molecule has 3 rings (SSSR count). The maximum Gasteiger partial charge on any atom is 0.278 e. The molecular formula is C17H14BrF3N4O3. The van der Waals surface area contributed by atoms with Crippen molar-refractivity contribution in [3.05, 3.63) is 52.0 Å². The number of hydrogen-bond donors (Lipinski definition) is 3. The number of nitrogens with one attached hydrogen (secondary N) is 1. The number of carbonyl (C=O) groups excluding carboxylic acids is 1. The summed E-state index contributed by atoms with van der Waals surface area (Å²) in [5, 5.41) is 12.2. The summed E-state index contributed by atoms with van der Waals surface area (Å²) in [4.78, 5) is 19.9. The molecule has 0 fully saturated rings. The van der Waals surface area contributed by atoms with Crippen LogP contribution in [0.3, 0.4) is 0 Å². The summed E-state index contributed by atoms with van der Waals surface area (Å²) < 4.78 is 47.5. The van der Waals surface area contributed by atoms with Crippen LogP contribution in [0.2, 0.25) is 0 Å². The van der Waals surface area contributed by atoms with E-state index < -0.39 is 41.6 Å². The van der Waals surface area contributed by atoms with Crippen LogP contribution in [0.15, 0.2) is 39.9 Å². The second-order valence-electron chi connectivity index (χ2n) is 5.99. The van der Waals surface area contributed by atoms with E-state index in [9.17, 15) is 23.1 Å². The highest BCUT2D eigenvalue weighted by Gasteiger charge is 2.46. The molecule has 0 radical (unpaired) electrons. The lowest BCUT2D eigenvalue weighted by Gasteiger charge is -2.33. The Kier molecular flexibility index (Phi) is 5.57. The fraction of sp³-hybridized carbons (Fsp3) is 0.235. The number of pyridine rings is 1. The van der Waals surface area contributed by atoms with Gasteiger partial charge in [-0.1, -0.05) is 0 Å². The number of hydrogen-bond acceptors (Lipinski definition) is 6. The van der Waals surface area contributed by atoms with Crippen LogP contribution < -0.4 is 11.1 Å². The van der Waals surface area contributed by atoms with Crippen LogP contribution in [0.25, 0.3) is 0 Å². The minimum atomic E-state index is -3.11. The Bertz CT molecular complexity index is 957. The number of aliphatic imine (C=N–C) groups is 1. The Hall–Kier alpha value is -2.66. The molecule has 1 aliphatic rings. The van der Waals surface area contributed by atoms with E-state index in [-0.39, 0.29) is 23.8 Å². The van der Waals surface area contributed by atoms with Crippen molar-refractivity contribution in [2.24, 2.45) is 10.7 Å². The first-order valence-electron chi connectivity index (χ1n) is 7.89. The third-order valence-electron chi connectivity index (χ3n) is 4.02. The number of carbonyl (C=O) groups is 1. The zero-order valence-corrected chi connectivity index (χ0v) is 15.7. The number of nitrogens with zero attached hydrogens (tertiary/aromatic N) is 2. The lowest BCUT2D eigenvalue weighted by Crippen LogP contribution is -2.45. The first-order chi connectivity index (χ1) is 13.2. The number of rotatable bonds is 4. The van der Waals surface area contributed by atoms with Crippen molar-refractivity contribution in [3.63, 3.8) is 0 Å². The number of halogens is 4. The number of ether oxygens (including phenoxy) is 1. The van der Waals surface area contributed by atoms with Gasteiger partial charge in [-0.05, 0) is 40.2 Å². The highest BCUT2D eigenvalue weighted by Crippen LogP contribution is 2.38. The smallest absolute Gasteiger partial charge is 0.278 e. The first kappa shape index (κ1) is 20.1. The molecule has 7 nitrogen and oxygen atoms in total. The van der Waals surface area contributed by atoms with Gasteiger partial charge < -0.3 is 20.9 Å². The third kappa shape index (κ3) is 3.80. The summed E-state index contributed by atoms with van der Waals surface area (Å²) in [6.07, 6.45) is -1.81. The van der Waals surface area contributed by atoms with E-state index in [1.165, 1.54) is 18.3 Å². The Morgan fingerprint density at radius 2 is 2.14 bits per heavy atom. The summed E-state index contributed by atoms with van der Waals surface area (Å²) in [6.45, 7) is -0.713. The minimum absolute atomic E-state index is 0.00453. The van der Waals surface area contributed by atoms with Gasteiger partial charge >= 0.3 is 0 Å². The minimum Gasteiger partial charge on any atom is -0.505 e. The molecule has 0 saturated carbocycles. The zero-order chi connectivity index (χ0) is 20.5. The van der Waals surface area contributed by atoms with Gasteiger partial charge in [-0.3, -0.25) is 9.79 Å². The van der Waals surface area contributed by atoms with Crippen LogP contribution in [0, 0.1) is 5.82 Å². The van der Waals surface area contributed by atoms with Crippen LogP contribution in [-0.2, 0) is 10.3 Å². The second kappa shape index (κ2) is 7.76. The van der Waals surface area contributed by atoms with Crippen LogP contribution in [0.1, 0.15) is 16.1 Å². The monoisotopic (exact) mass is 458 g/mol. The highest BCUT2D eigenvalue weighted by atomic mass is 79.9. The molecule has 1 amide bonds. The Morgan fingerprint density at radius 3 is 2.79 bits per heavy atom. The molecule has 4 N–H and O–H groups in total. The first-order valence-corrected chi connectivity index (χ1v) is 8.68. The predicted octanol–water partition coefficient (Wildman–Crippen LogP) is 2.79. The van der Waals surface area contributed by atoms with Crippen molar-refractivity contribution < 1.29 is 27.8 Å². The van der Waals surface area contributed by atoms with E-state index in [1.807, 2.05) is 0 Å². The maximum absolute atomic E-state index is 14.4. The van der Waals surface area contributed by atoms with Crippen LogP contribution in [-0.4, -0.2) is 41.5 Å². The quantitative estimate of drug-likeness (QED) is 0.652. The topological polar surface area (TPSA) is 110 Å². The number of aromatic nitrogens is 1. The van der Waals surface area contributed by atoms with E-state index in [4.69, 9.17) is 10.5 Å². The number of nitrogens with two attached hydrogens (primary N) is 1. The lowest BCUT2D eigenvalue weighted by molar-refractivity contribution is -0.0145. The predicted molar refractivity (Wildman–Crippen MR) is 98.1 cm³/mol. The van der Waals surface area contributed by atoms with Crippen LogP contribution in [0.4, 0.5) is 18.9 Å². The summed E-state index contributed by atoms with van der Waals surface area (Å²) in [6, 6.07) is 4.40. The molecule has 11 heteroatoms. The van der Waals surface area contributed by atoms with Crippen molar-refractivity contribution in [2.45, 2.75) is 12.0 Å². The molecule has 0 bridgehead atoms. The van der Waals surface area contributed by atoms with Gasteiger partial charge in [-0.15, -0.1) is 0 Å². The van der Waals surface area contributed by atoms with Crippen molar-refractivity contribution >= 4 is 33.4 Å². The number of amides is 1. The fourth-order valence-electron chi connectivity index (χ4n) is 2.73. The molecule has 0 spiro atoms. The van der Waals surface area contributed by atoms with Gasteiger partial charge in [0.25, 0.3) is 12.3 Å². The number of alkyl halides is 2. The van der Waals surface area contributed by atoms with Gasteiger partial charge in [-0.2, -0.15) is 0 Å². The standard InChI is InChI=1S/C17H14BrF3N4O3/c18-8-3-12(26)14(23-5-8)15(27)24-9-1-2-11(19)10(4-9)17(16(20)21)7-28-6-13(22)25-17/h1-5,16,26H,6-7H2,(H2,22,25)(H,24,27)/t17-/m0/s1. The van der Waals surface area contributed by atoms with Crippen molar-refractivity contribution in [1.82, 2.24) is 4.98 Å². The molecule has 1 aliphatic heterocycles. The molecule has 1 atom stereocenters. The van der Waals surface area contributed by atoms with E-state index in [1.54, 1.807) is 0 Å². The number of aromatic hydroxyl groups is 1.